The van der Waals surface area contributed by atoms with Crippen molar-refractivity contribution in [2.45, 2.75) is 49.9 Å². The summed E-state index contributed by atoms with van der Waals surface area (Å²) in [7, 11) is 0. The third-order valence-corrected chi connectivity index (χ3v) is 4.13. The lowest BCUT2D eigenvalue weighted by Gasteiger charge is -2.17. The molecule has 17 heavy (non-hydrogen) atoms. The summed E-state index contributed by atoms with van der Waals surface area (Å²) in [5.74, 6) is 0. The van der Waals surface area contributed by atoms with Crippen LogP contribution in [0.15, 0.2) is 16.6 Å². The number of hydrogen-bond acceptors (Lipinski definition) is 4. The quantitative estimate of drug-likeness (QED) is 0.870. The van der Waals surface area contributed by atoms with Crippen molar-refractivity contribution < 1.29 is 0 Å². The minimum atomic E-state index is 0.161. The van der Waals surface area contributed by atoms with E-state index in [9.17, 15) is 0 Å². The van der Waals surface area contributed by atoms with E-state index in [4.69, 9.17) is 10.7 Å². The van der Waals surface area contributed by atoms with E-state index >= 15 is 0 Å². The average Bonchev–Trinajstić information content (AvgIpc) is 2.67. The zero-order valence-corrected chi connectivity index (χ0v) is 12.4. The topological polar surface area (TPSA) is 43.3 Å². The number of aromatic nitrogens is 2. The summed E-state index contributed by atoms with van der Waals surface area (Å²) in [5, 5.41) is 3.19. The summed E-state index contributed by atoms with van der Waals surface area (Å²) in [6.07, 6.45) is 2.95. The van der Waals surface area contributed by atoms with Crippen LogP contribution in [-0.2, 0) is 6.42 Å². The van der Waals surface area contributed by atoms with Crippen molar-refractivity contribution in [3.05, 3.63) is 17.3 Å². The van der Waals surface area contributed by atoms with Crippen molar-refractivity contribution in [3.63, 3.8) is 0 Å². The highest BCUT2D eigenvalue weighted by Crippen LogP contribution is 2.35. The van der Waals surface area contributed by atoms with E-state index in [1.165, 1.54) is 5.69 Å². The van der Waals surface area contributed by atoms with Gasteiger partial charge in [-0.1, -0.05) is 32.5 Å². The fourth-order valence-electron chi connectivity index (χ4n) is 1.68. The average molecular weight is 269 g/mol. The van der Waals surface area contributed by atoms with Crippen LogP contribution in [0.1, 0.15) is 33.4 Å². The molecule has 0 fully saturated rings. The molecule has 2 aromatic rings. The monoisotopic (exact) mass is 269 g/mol. The molecule has 0 spiro atoms. The van der Waals surface area contributed by atoms with Gasteiger partial charge in [0.15, 0.2) is 4.96 Å². The van der Waals surface area contributed by atoms with Crippen LogP contribution in [0.3, 0.4) is 0 Å². The van der Waals surface area contributed by atoms with Gasteiger partial charge in [0.25, 0.3) is 0 Å². The van der Waals surface area contributed by atoms with Crippen LogP contribution in [-0.4, -0.2) is 20.2 Å². The molecule has 0 bridgehead atoms. The molecule has 0 saturated carbocycles. The van der Waals surface area contributed by atoms with Gasteiger partial charge in [0.05, 0.1) is 5.69 Å². The van der Waals surface area contributed by atoms with E-state index < -0.39 is 0 Å². The minimum Gasteiger partial charge on any atom is -0.328 e. The van der Waals surface area contributed by atoms with Crippen LogP contribution in [0, 0.1) is 0 Å². The summed E-state index contributed by atoms with van der Waals surface area (Å²) in [6, 6.07) is 0.161. The number of thioether (sulfide) groups is 1. The molecule has 0 aliphatic heterocycles. The van der Waals surface area contributed by atoms with Crippen LogP contribution < -0.4 is 5.73 Å². The highest BCUT2D eigenvalue weighted by atomic mass is 32.2. The molecule has 5 heteroatoms. The van der Waals surface area contributed by atoms with Crippen molar-refractivity contribution in [2.24, 2.45) is 5.73 Å². The summed E-state index contributed by atoms with van der Waals surface area (Å²) in [6.45, 7) is 8.67. The van der Waals surface area contributed by atoms with E-state index in [2.05, 4.69) is 36.7 Å². The van der Waals surface area contributed by atoms with Crippen molar-refractivity contribution in [1.29, 1.82) is 0 Å². The molecule has 2 heterocycles. The van der Waals surface area contributed by atoms with Gasteiger partial charge in [-0.05, 0) is 6.92 Å². The molecule has 3 nitrogen and oxygen atoms in total. The molecule has 2 aromatic heterocycles. The summed E-state index contributed by atoms with van der Waals surface area (Å²) < 4.78 is 2.35. The van der Waals surface area contributed by atoms with Crippen molar-refractivity contribution in [3.8, 4) is 0 Å². The van der Waals surface area contributed by atoms with E-state index in [1.807, 2.05) is 18.7 Å². The molecule has 0 aliphatic carbocycles. The normalized spacial score (nSPS) is 14.4. The Hall–Kier alpha value is -0.520. The maximum absolute atomic E-state index is 5.93. The Morgan fingerprint density at radius 3 is 2.82 bits per heavy atom. The van der Waals surface area contributed by atoms with Crippen molar-refractivity contribution >= 4 is 28.1 Å². The second-order valence-electron chi connectivity index (χ2n) is 5.32. The van der Waals surface area contributed by atoms with Crippen LogP contribution >= 0.6 is 23.1 Å². The van der Waals surface area contributed by atoms with Crippen molar-refractivity contribution in [1.82, 2.24) is 9.38 Å². The highest BCUT2D eigenvalue weighted by Gasteiger charge is 2.20. The second-order valence-corrected chi connectivity index (χ2v) is 8.00. The van der Waals surface area contributed by atoms with E-state index in [-0.39, 0.29) is 10.8 Å². The molecule has 0 aromatic carbocycles. The Kier molecular flexibility index (Phi) is 3.52. The van der Waals surface area contributed by atoms with Gasteiger partial charge in [-0.25, -0.2) is 4.98 Å². The molecular formula is C12H19N3S2. The number of rotatable bonds is 3. The molecule has 1 unspecified atom stereocenters. The van der Waals surface area contributed by atoms with Gasteiger partial charge in [0.1, 0.15) is 5.03 Å². The first-order chi connectivity index (χ1) is 7.87. The van der Waals surface area contributed by atoms with Crippen LogP contribution in [0.2, 0.25) is 0 Å². The number of hydrogen-bond donors (Lipinski definition) is 1. The molecule has 0 radical (unpaired) electrons. The van der Waals surface area contributed by atoms with Gasteiger partial charge in [-0.3, -0.25) is 4.40 Å². The maximum Gasteiger partial charge on any atom is 0.194 e. The predicted octanol–water partition coefficient (Wildman–Crippen LogP) is 3.18. The van der Waals surface area contributed by atoms with Gasteiger partial charge in [0, 0.05) is 28.8 Å². The zero-order chi connectivity index (χ0) is 12.6. The summed E-state index contributed by atoms with van der Waals surface area (Å²) >= 11 is 3.49. The Morgan fingerprint density at radius 1 is 1.53 bits per heavy atom. The Bertz CT molecular complexity index is 505. The lowest BCUT2D eigenvalue weighted by atomic mass is 10.2. The van der Waals surface area contributed by atoms with Crippen molar-refractivity contribution in [2.75, 3.05) is 0 Å². The molecule has 2 rings (SSSR count). The first-order valence-corrected chi connectivity index (χ1v) is 7.45. The Morgan fingerprint density at radius 2 is 2.24 bits per heavy atom. The van der Waals surface area contributed by atoms with Gasteiger partial charge in [0.2, 0.25) is 0 Å². The lowest BCUT2D eigenvalue weighted by Crippen LogP contribution is -2.19. The molecular weight excluding hydrogens is 250 g/mol. The molecule has 0 aliphatic rings. The van der Waals surface area contributed by atoms with E-state index in [1.54, 1.807) is 11.3 Å². The molecule has 0 saturated heterocycles. The van der Waals surface area contributed by atoms with Gasteiger partial charge in [-0.2, -0.15) is 0 Å². The first-order valence-electron chi connectivity index (χ1n) is 5.76. The van der Waals surface area contributed by atoms with E-state index in [0.717, 1.165) is 16.4 Å². The smallest absolute Gasteiger partial charge is 0.194 e. The van der Waals surface area contributed by atoms with E-state index in [0.29, 0.717) is 0 Å². The predicted molar refractivity (Wildman–Crippen MR) is 76.0 cm³/mol. The fourth-order valence-corrected chi connectivity index (χ4v) is 3.48. The van der Waals surface area contributed by atoms with Gasteiger partial charge >= 0.3 is 0 Å². The standard InChI is InChI=1S/C12H19N3S2/c1-8(13)7-9-10(17-12(2,3)4)14-11-15(9)5-6-16-11/h5-6,8H,7,13H2,1-4H3. The summed E-state index contributed by atoms with van der Waals surface area (Å²) in [5.41, 5.74) is 7.18. The van der Waals surface area contributed by atoms with Crippen LogP contribution in [0.4, 0.5) is 0 Å². The van der Waals surface area contributed by atoms with Gasteiger partial charge in [-0.15, -0.1) is 11.3 Å². The molecule has 94 valence electrons. The maximum atomic E-state index is 5.93. The Labute approximate surface area is 110 Å². The molecule has 2 N–H and O–H groups in total. The largest absolute Gasteiger partial charge is 0.328 e. The van der Waals surface area contributed by atoms with Gasteiger partial charge < -0.3 is 5.73 Å². The van der Waals surface area contributed by atoms with Crippen LogP contribution in [0.25, 0.3) is 4.96 Å². The molecule has 0 amide bonds. The number of thiazole rings is 1. The fraction of sp³-hybridized carbons (Fsp3) is 0.583. The van der Waals surface area contributed by atoms with Crippen LogP contribution in [0.5, 0.6) is 0 Å². The molecule has 1 atom stereocenters. The third-order valence-electron chi connectivity index (χ3n) is 2.24. The zero-order valence-electron chi connectivity index (χ0n) is 10.7. The SMILES string of the molecule is CC(N)Cc1c(SC(C)(C)C)nc2sccn12. The minimum absolute atomic E-state index is 0.161. The number of fused-ring (bicyclic) bond motifs is 1. The Balaban J connectivity index is 2.42. The second kappa shape index (κ2) is 4.63. The first kappa shape index (κ1) is 12.9. The highest BCUT2D eigenvalue weighted by molar-refractivity contribution is 8.00. The number of nitrogens with two attached hydrogens (primary N) is 1. The number of imidazole rings is 1. The lowest BCUT2D eigenvalue weighted by molar-refractivity contribution is 0.704. The number of nitrogens with zero attached hydrogens (tertiary/aromatic N) is 2. The summed E-state index contributed by atoms with van der Waals surface area (Å²) in [4.78, 5) is 5.76. The third kappa shape index (κ3) is 3.03.